The van der Waals surface area contributed by atoms with Crippen LogP contribution in [0.3, 0.4) is 0 Å². The van der Waals surface area contributed by atoms with Gasteiger partial charge >= 0.3 is 0 Å². The fraction of sp³-hybridized carbons (Fsp3) is 0.636. The van der Waals surface area contributed by atoms with Crippen LogP contribution in [0.1, 0.15) is 31.5 Å². The molecule has 1 aromatic heterocycles. The first kappa shape index (κ1) is 10.4. The summed E-state index contributed by atoms with van der Waals surface area (Å²) in [5.41, 5.74) is 8.19. The third-order valence-electron chi connectivity index (χ3n) is 2.59. The number of hydrogen-bond acceptors (Lipinski definition) is 4. The first-order chi connectivity index (χ1) is 7.06. The lowest BCUT2D eigenvalue weighted by molar-refractivity contribution is 0.548. The monoisotopic (exact) mass is 206 g/mol. The topological polar surface area (TPSA) is 63.8 Å². The van der Waals surface area contributed by atoms with Crippen LogP contribution in [0.2, 0.25) is 0 Å². The lowest BCUT2D eigenvalue weighted by atomic mass is 10.1. The fourth-order valence-electron chi connectivity index (χ4n) is 1.82. The zero-order valence-electron chi connectivity index (χ0n) is 9.38. The summed E-state index contributed by atoms with van der Waals surface area (Å²) in [6.45, 7) is 4.74. The van der Waals surface area contributed by atoms with Gasteiger partial charge in [0, 0.05) is 23.3 Å². The maximum absolute atomic E-state index is 5.92. The van der Waals surface area contributed by atoms with E-state index in [0.29, 0.717) is 0 Å². The molecule has 0 spiro atoms. The van der Waals surface area contributed by atoms with Gasteiger partial charge in [-0.25, -0.2) is 9.97 Å². The molecule has 1 aromatic rings. The number of aryl methyl sites for hydroxylation is 1. The summed E-state index contributed by atoms with van der Waals surface area (Å²) in [7, 11) is 0. The van der Waals surface area contributed by atoms with Gasteiger partial charge in [0.15, 0.2) is 0 Å². The Hall–Kier alpha value is -1.16. The Balaban J connectivity index is 2.12. The molecule has 4 heteroatoms. The van der Waals surface area contributed by atoms with Crippen LogP contribution >= 0.6 is 0 Å². The molecule has 0 unspecified atom stereocenters. The lowest BCUT2D eigenvalue weighted by Crippen LogP contribution is -2.40. The van der Waals surface area contributed by atoms with Crippen molar-refractivity contribution in [3.63, 3.8) is 0 Å². The predicted octanol–water partition coefficient (Wildman–Crippen LogP) is 1.11. The molecule has 0 atom stereocenters. The van der Waals surface area contributed by atoms with Crippen LogP contribution < -0.4 is 11.1 Å². The standard InChI is InChI=1S/C11H18N4/c1-11(2,12)6-13-10-8-4-3-5-9(8)14-7-15-10/h7H,3-6,12H2,1-2H3,(H,13,14,15). The van der Waals surface area contributed by atoms with Gasteiger partial charge in [-0.05, 0) is 33.1 Å². The van der Waals surface area contributed by atoms with Gasteiger partial charge < -0.3 is 11.1 Å². The molecule has 4 nitrogen and oxygen atoms in total. The van der Waals surface area contributed by atoms with Crippen molar-refractivity contribution in [2.45, 2.75) is 38.6 Å². The molecule has 2 rings (SSSR count). The average Bonchev–Trinajstić information content (AvgIpc) is 2.61. The number of fused-ring (bicyclic) bond motifs is 1. The van der Waals surface area contributed by atoms with Gasteiger partial charge in [0.05, 0.1) is 0 Å². The number of hydrogen-bond donors (Lipinski definition) is 2. The molecule has 1 aliphatic carbocycles. The van der Waals surface area contributed by atoms with E-state index in [-0.39, 0.29) is 5.54 Å². The summed E-state index contributed by atoms with van der Waals surface area (Å²) in [6, 6.07) is 0. The molecule has 1 aliphatic rings. The second-order valence-electron chi connectivity index (χ2n) is 4.84. The van der Waals surface area contributed by atoms with Crippen LogP contribution in [-0.4, -0.2) is 22.1 Å². The average molecular weight is 206 g/mol. The van der Waals surface area contributed by atoms with Crippen molar-refractivity contribution in [2.75, 3.05) is 11.9 Å². The number of nitrogens with one attached hydrogen (secondary N) is 1. The number of nitrogens with zero attached hydrogens (tertiary/aromatic N) is 2. The third-order valence-corrected chi connectivity index (χ3v) is 2.59. The smallest absolute Gasteiger partial charge is 0.132 e. The van der Waals surface area contributed by atoms with Crippen molar-refractivity contribution in [3.05, 3.63) is 17.6 Å². The van der Waals surface area contributed by atoms with Crippen LogP contribution in [0, 0.1) is 0 Å². The van der Waals surface area contributed by atoms with Crippen molar-refractivity contribution in [3.8, 4) is 0 Å². The highest BCUT2D eigenvalue weighted by atomic mass is 15.0. The van der Waals surface area contributed by atoms with E-state index in [0.717, 1.165) is 25.2 Å². The Morgan fingerprint density at radius 3 is 2.93 bits per heavy atom. The van der Waals surface area contributed by atoms with E-state index in [9.17, 15) is 0 Å². The Labute approximate surface area is 90.3 Å². The van der Waals surface area contributed by atoms with Crippen molar-refractivity contribution in [1.29, 1.82) is 0 Å². The zero-order chi connectivity index (χ0) is 10.9. The molecule has 15 heavy (non-hydrogen) atoms. The van der Waals surface area contributed by atoms with Crippen LogP contribution in [0.5, 0.6) is 0 Å². The molecule has 0 amide bonds. The van der Waals surface area contributed by atoms with Gasteiger partial charge in [0.25, 0.3) is 0 Å². The molecule has 82 valence electrons. The number of rotatable bonds is 3. The third kappa shape index (κ3) is 2.45. The van der Waals surface area contributed by atoms with Gasteiger partial charge in [-0.2, -0.15) is 0 Å². The van der Waals surface area contributed by atoms with Gasteiger partial charge in [0.2, 0.25) is 0 Å². The summed E-state index contributed by atoms with van der Waals surface area (Å²) < 4.78 is 0. The second kappa shape index (κ2) is 3.77. The molecule has 0 aliphatic heterocycles. The summed E-state index contributed by atoms with van der Waals surface area (Å²) in [5, 5.41) is 3.31. The number of aromatic nitrogens is 2. The molecule has 0 bridgehead atoms. The van der Waals surface area contributed by atoms with Crippen LogP contribution in [0.4, 0.5) is 5.82 Å². The first-order valence-electron chi connectivity index (χ1n) is 5.42. The van der Waals surface area contributed by atoms with E-state index in [1.54, 1.807) is 6.33 Å². The van der Waals surface area contributed by atoms with Crippen LogP contribution in [0.15, 0.2) is 6.33 Å². The Morgan fingerprint density at radius 1 is 1.40 bits per heavy atom. The highest BCUT2D eigenvalue weighted by molar-refractivity contribution is 5.48. The van der Waals surface area contributed by atoms with E-state index in [4.69, 9.17) is 5.73 Å². The number of anilines is 1. The van der Waals surface area contributed by atoms with Crippen LogP contribution in [0.25, 0.3) is 0 Å². The SMILES string of the molecule is CC(C)(N)CNc1ncnc2c1CCC2. The van der Waals surface area contributed by atoms with Gasteiger partial charge in [-0.15, -0.1) is 0 Å². The summed E-state index contributed by atoms with van der Waals surface area (Å²) in [6.07, 6.45) is 4.99. The van der Waals surface area contributed by atoms with Crippen molar-refractivity contribution < 1.29 is 0 Å². The van der Waals surface area contributed by atoms with Crippen molar-refractivity contribution >= 4 is 5.82 Å². The van der Waals surface area contributed by atoms with Gasteiger partial charge in [-0.1, -0.05) is 0 Å². The van der Waals surface area contributed by atoms with E-state index in [1.165, 1.54) is 17.7 Å². The number of nitrogens with two attached hydrogens (primary N) is 1. The lowest BCUT2D eigenvalue weighted by Gasteiger charge is -2.20. The Kier molecular flexibility index (Phi) is 2.61. The molecule has 0 fully saturated rings. The summed E-state index contributed by atoms with van der Waals surface area (Å²) in [5.74, 6) is 0.969. The Morgan fingerprint density at radius 2 is 2.20 bits per heavy atom. The second-order valence-corrected chi connectivity index (χ2v) is 4.84. The molecule has 0 saturated heterocycles. The van der Waals surface area contributed by atoms with E-state index in [2.05, 4.69) is 15.3 Å². The molecule has 1 heterocycles. The fourth-order valence-corrected chi connectivity index (χ4v) is 1.82. The van der Waals surface area contributed by atoms with Gasteiger partial charge in [-0.3, -0.25) is 0 Å². The summed E-state index contributed by atoms with van der Waals surface area (Å²) in [4.78, 5) is 8.56. The molecule has 3 N–H and O–H groups in total. The highest BCUT2D eigenvalue weighted by Crippen LogP contribution is 2.25. The molecule has 0 radical (unpaired) electrons. The molecular weight excluding hydrogens is 188 g/mol. The van der Waals surface area contributed by atoms with Gasteiger partial charge in [0.1, 0.15) is 12.1 Å². The van der Waals surface area contributed by atoms with Crippen LogP contribution in [-0.2, 0) is 12.8 Å². The summed E-state index contributed by atoms with van der Waals surface area (Å²) >= 11 is 0. The Bertz CT molecular complexity index is 354. The van der Waals surface area contributed by atoms with E-state index >= 15 is 0 Å². The minimum absolute atomic E-state index is 0.212. The van der Waals surface area contributed by atoms with E-state index < -0.39 is 0 Å². The maximum Gasteiger partial charge on any atom is 0.132 e. The molecule has 0 saturated carbocycles. The molecular formula is C11H18N4. The minimum atomic E-state index is -0.212. The highest BCUT2D eigenvalue weighted by Gasteiger charge is 2.18. The maximum atomic E-state index is 5.92. The first-order valence-corrected chi connectivity index (χ1v) is 5.42. The quantitative estimate of drug-likeness (QED) is 0.777. The van der Waals surface area contributed by atoms with E-state index in [1.807, 2.05) is 13.8 Å². The van der Waals surface area contributed by atoms with Crippen molar-refractivity contribution in [2.24, 2.45) is 5.73 Å². The largest absolute Gasteiger partial charge is 0.368 e. The minimum Gasteiger partial charge on any atom is -0.368 e. The molecule has 0 aromatic carbocycles. The zero-order valence-corrected chi connectivity index (χ0v) is 9.38. The predicted molar refractivity (Wildman–Crippen MR) is 60.8 cm³/mol. The van der Waals surface area contributed by atoms with Crippen molar-refractivity contribution in [1.82, 2.24) is 9.97 Å². The normalized spacial score (nSPS) is 15.1.